The molecule has 0 aromatic rings. The van der Waals surface area contributed by atoms with Crippen LogP contribution < -0.4 is 5.32 Å². The topological polar surface area (TPSA) is 38.3 Å². The van der Waals surface area contributed by atoms with E-state index in [0.717, 1.165) is 0 Å². The van der Waals surface area contributed by atoms with Crippen LogP contribution in [0.25, 0.3) is 0 Å². The van der Waals surface area contributed by atoms with Crippen molar-refractivity contribution in [3.63, 3.8) is 0 Å². The Morgan fingerprint density at radius 1 is 1.78 bits per heavy atom. The highest BCUT2D eigenvalue weighted by atomic mass is 16.4. The molecule has 1 atom stereocenters. The predicted octanol–water partition coefficient (Wildman–Crippen LogP) is -2.48. The van der Waals surface area contributed by atoms with Gasteiger partial charge in [0.1, 0.15) is 7.85 Å². The molecule has 0 bridgehead atoms. The second kappa shape index (κ2) is 2.17. The smallest absolute Gasteiger partial charge is 0.321 e. The van der Waals surface area contributed by atoms with Gasteiger partial charge in [0.05, 0.1) is 11.7 Å². The summed E-state index contributed by atoms with van der Waals surface area (Å²) in [5.41, 5.74) is 0. The molecular formula is C4H7B2NO2. The van der Waals surface area contributed by atoms with Crippen LogP contribution in [0.1, 0.15) is 0 Å². The van der Waals surface area contributed by atoms with Gasteiger partial charge in [-0.05, 0) is 0 Å². The number of carbonyl (C=O) groups is 1. The maximum atomic E-state index is 10.6. The zero-order valence-electron chi connectivity index (χ0n) is 5.47. The van der Waals surface area contributed by atoms with Crippen LogP contribution in [0.4, 0.5) is 0 Å². The molecule has 5 heteroatoms. The standard InChI is InChI=1S/C4H7B2NO2/c5-4-2(9-6)1-3(8)7-4/h1,4H,5-6H2,(H,7,8). The summed E-state index contributed by atoms with van der Waals surface area (Å²) < 4.78 is 4.87. The van der Waals surface area contributed by atoms with Crippen molar-refractivity contribution in [3.8, 4) is 0 Å². The van der Waals surface area contributed by atoms with Crippen molar-refractivity contribution < 1.29 is 9.45 Å². The van der Waals surface area contributed by atoms with Crippen LogP contribution in [0.15, 0.2) is 11.8 Å². The largest absolute Gasteiger partial charge is 0.570 e. The number of nitrogens with one attached hydrogen (secondary N) is 1. The summed E-state index contributed by atoms with van der Waals surface area (Å²) in [6.45, 7) is 0. The molecule has 0 spiro atoms. The lowest BCUT2D eigenvalue weighted by Crippen LogP contribution is -2.28. The minimum absolute atomic E-state index is 0.0440. The highest BCUT2D eigenvalue weighted by Gasteiger charge is 2.18. The Hall–Kier alpha value is -0.860. The number of hydrogen-bond donors (Lipinski definition) is 1. The molecule has 3 nitrogen and oxygen atoms in total. The first-order valence-corrected chi connectivity index (χ1v) is 2.80. The summed E-state index contributed by atoms with van der Waals surface area (Å²) in [6.07, 6.45) is 1.46. The fraction of sp³-hybridized carbons (Fsp3) is 0.250. The van der Waals surface area contributed by atoms with Crippen molar-refractivity contribution in [1.29, 1.82) is 0 Å². The lowest BCUT2D eigenvalue weighted by molar-refractivity contribution is -0.115. The minimum atomic E-state index is -0.0700. The highest BCUT2D eigenvalue weighted by Crippen LogP contribution is 2.04. The summed E-state index contributed by atoms with van der Waals surface area (Å²) in [5, 5.41) is 2.66. The van der Waals surface area contributed by atoms with Crippen molar-refractivity contribution in [1.82, 2.24) is 5.32 Å². The Morgan fingerprint density at radius 2 is 2.44 bits per heavy atom. The number of amides is 1. The predicted molar refractivity (Wildman–Crippen MR) is 38.2 cm³/mol. The van der Waals surface area contributed by atoms with Gasteiger partial charge in [0, 0.05) is 6.08 Å². The zero-order chi connectivity index (χ0) is 6.85. The Labute approximate surface area is 55.3 Å². The normalized spacial score (nSPS) is 25.1. The van der Waals surface area contributed by atoms with Gasteiger partial charge in [-0.1, -0.05) is 0 Å². The average Bonchev–Trinajstić information content (AvgIpc) is 2.10. The third-order valence-corrected chi connectivity index (χ3v) is 1.29. The van der Waals surface area contributed by atoms with E-state index in [4.69, 9.17) is 4.65 Å². The quantitative estimate of drug-likeness (QED) is 0.392. The maximum Gasteiger partial charge on any atom is 0.321 e. The molecule has 1 aliphatic rings. The Bertz CT molecular complexity index is 168. The van der Waals surface area contributed by atoms with Gasteiger partial charge >= 0.3 is 8.05 Å². The molecule has 1 aliphatic heterocycles. The van der Waals surface area contributed by atoms with Crippen LogP contribution in [-0.4, -0.2) is 27.7 Å². The second-order valence-electron chi connectivity index (χ2n) is 1.98. The molecule has 0 aromatic heterocycles. The molecule has 0 radical (unpaired) electrons. The summed E-state index contributed by atoms with van der Waals surface area (Å²) in [5.74, 6) is 0.682. The summed E-state index contributed by atoms with van der Waals surface area (Å²) in [6, 6.07) is 0. The van der Waals surface area contributed by atoms with Crippen LogP contribution >= 0.6 is 0 Å². The van der Waals surface area contributed by atoms with Gasteiger partial charge in [0.25, 0.3) is 0 Å². The summed E-state index contributed by atoms with van der Waals surface area (Å²) in [4.78, 5) is 10.6. The average molecular weight is 123 g/mol. The molecule has 1 N–H and O–H groups in total. The van der Waals surface area contributed by atoms with E-state index in [2.05, 4.69) is 5.32 Å². The van der Waals surface area contributed by atoms with E-state index in [1.807, 2.05) is 7.85 Å². The zero-order valence-corrected chi connectivity index (χ0v) is 5.47. The third kappa shape index (κ3) is 1.09. The fourth-order valence-electron chi connectivity index (χ4n) is 0.816. The van der Waals surface area contributed by atoms with Gasteiger partial charge in [-0.3, -0.25) is 4.79 Å². The van der Waals surface area contributed by atoms with Crippen molar-refractivity contribution in [2.75, 3.05) is 0 Å². The van der Waals surface area contributed by atoms with E-state index in [-0.39, 0.29) is 11.8 Å². The molecule has 0 fully saturated rings. The Balaban J connectivity index is 2.68. The molecule has 1 amide bonds. The monoisotopic (exact) mass is 123 g/mol. The minimum Gasteiger partial charge on any atom is -0.570 e. The number of hydrogen-bond acceptors (Lipinski definition) is 2. The van der Waals surface area contributed by atoms with Gasteiger partial charge < -0.3 is 9.97 Å². The summed E-state index contributed by atoms with van der Waals surface area (Å²) in [7, 11) is 3.43. The van der Waals surface area contributed by atoms with Crippen molar-refractivity contribution in [2.45, 2.75) is 5.94 Å². The first kappa shape index (κ1) is 6.26. The molecule has 0 saturated heterocycles. The lowest BCUT2D eigenvalue weighted by atomic mass is 9.96. The maximum absolute atomic E-state index is 10.6. The molecule has 0 aliphatic carbocycles. The third-order valence-electron chi connectivity index (χ3n) is 1.29. The molecule has 1 unspecified atom stereocenters. The molecule has 1 rings (SSSR count). The van der Waals surface area contributed by atoms with E-state index in [1.165, 1.54) is 6.08 Å². The van der Waals surface area contributed by atoms with Crippen molar-refractivity contribution in [2.24, 2.45) is 0 Å². The van der Waals surface area contributed by atoms with E-state index < -0.39 is 0 Å². The Kier molecular flexibility index (Phi) is 1.51. The van der Waals surface area contributed by atoms with E-state index in [9.17, 15) is 4.79 Å². The second-order valence-corrected chi connectivity index (χ2v) is 1.98. The molecular weight excluding hydrogens is 116 g/mol. The van der Waals surface area contributed by atoms with E-state index in [0.29, 0.717) is 5.76 Å². The first-order chi connectivity index (χ1) is 4.24. The highest BCUT2D eigenvalue weighted by molar-refractivity contribution is 6.18. The molecule has 1 heterocycles. The molecule has 46 valence electrons. The first-order valence-electron chi connectivity index (χ1n) is 2.80. The van der Waals surface area contributed by atoms with Gasteiger partial charge in [-0.25, -0.2) is 0 Å². The number of carbonyl (C=O) groups excluding carboxylic acids is 1. The molecule has 0 aromatic carbocycles. The van der Waals surface area contributed by atoms with E-state index in [1.54, 1.807) is 8.05 Å². The van der Waals surface area contributed by atoms with Crippen molar-refractivity contribution in [3.05, 3.63) is 11.8 Å². The Morgan fingerprint density at radius 3 is 2.67 bits per heavy atom. The fourth-order valence-corrected chi connectivity index (χ4v) is 0.816. The number of rotatable bonds is 1. The van der Waals surface area contributed by atoms with Crippen LogP contribution in [-0.2, 0) is 9.45 Å². The van der Waals surface area contributed by atoms with Crippen LogP contribution in [0.2, 0.25) is 0 Å². The molecule has 9 heavy (non-hydrogen) atoms. The van der Waals surface area contributed by atoms with Gasteiger partial charge in [-0.15, -0.1) is 0 Å². The van der Waals surface area contributed by atoms with Gasteiger partial charge in [0.15, 0.2) is 0 Å². The van der Waals surface area contributed by atoms with Crippen molar-refractivity contribution >= 4 is 21.8 Å². The molecule has 0 saturated carbocycles. The van der Waals surface area contributed by atoms with Crippen LogP contribution in [0, 0.1) is 0 Å². The van der Waals surface area contributed by atoms with Gasteiger partial charge in [-0.2, -0.15) is 0 Å². The summed E-state index contributed by atoms with van der Waals surface area (Å²) >= 11 is 0. The SMILES string of the molecule is BOC1=CC(=O)NC1B. The lowest BCUT2D eigenvalue weighted by Gasteiger charge is -2.06. The van der Waals surface area contributed by atoms with Crippen LogP contribution in [0.3, 0.4) is 0 Å². The van der Waals surface area contributed by atoms with Gasteiger partial charge in [0.2, 0.25) is 5.91 Å². The van der Waals surface area contributed by atoms with Crippen LogP contribution in [0.5, 0.6) is 0 Å². The van der Waals surface area contributed by atoms with E-state index >= 15 is 0 Å².